The summed E-state index contributed by atoms with van der Waals surface area (Å²) in [5, 5.41) is 7.90. The quantitative estimate of drug-likeness (QED) is 0.840. The molecule has 0 aromatic heterocycles. The molecule has 0 bridgehead atoms. The molecule has 0 spiro atoms. The molecule has 2 amide bonds. The van der Waals surface area contributed by atoms with Crippen LogP contribution in [-0.4, -0.2) is 17.1 Å². The van der Waals surface area contributed by atoms with Gasteiger partial charge in [0.25, 0.3) is 0 Å². The zero-order chi connectivity index (χ0) is 14.5. The highest BCUT2D eigenvalue weighted by atomic mass is 79.9. The van der Waals surface area contributed by atoms with Crippen molar-refractivity contribution in [3.8, 4) is 0 Å². The number of carbonyl (C=O) groups excluding carboxylic acids is 2. The van der Waals surface area contributed by atoms with Gasteiger partial charge in [0.05, 0.1) is 5.33 Å². The van der Waals surface area contributed by atoms with Crippen LogP contribution in [0.4, 0.5) is 11.4 Å². The highest BCUT2D eigenvalue weighted by Crippen LogP contribution is 2.23. The van der Waals surface area contributed by atoms with E-state index in [1.54, 1.807) is 0 Å². The van der Waals surface area contributed by atoms with Crippen molar-refractivity contribution in [1.29, 1.82) is 0 Å². The van der Waals surface area contributed by atoms with Gasteiger partial charge in [-0.25, -0.2) is 0 Å². The monoisotopic (exact) mass is 334 g/mol. The minimum absolute atomic E-state index is 0.00875. The number of nitrogens with one attached hydrogen (secondary N) is 2. The molecule has 20 heavy (non-hydrogen) atoms. The summed E-state index contributed by atoms with van der Waals surface area (Å²) in [6.07, 6.45) is 0.454. The summed E-state index contributed by atoms with van der Waals surface area (Å²) in [5.74, 6) is -0.0956. The molecular formula is C15H15BrN2O2. The Labute approximate surface area is 125 Å². The van der Waals surface area contributed by atoms with Gasteiger partial charge < -0.3 is 10.6 Å². The lowest BCUT2D eigenvalue weighted by Gasteiger charge is -2.08. The van der Waals surface area contributed by atoms with E-state index >= 15 is 0 Å². The molecule has 0 atom stereocenters. The van der Waals surface area contributed by atoms with Crippen LogP contribution in [0.25, 0.3) is 10.8 Å². The van der Waals surface area contributed by atoms with Crippen LogP contribution >= 0.6 is 15.9 Å². The predicted octanol–water partition coefficient (Wildman–Crippen LogP) is 3.52. The Bertz CT molecular complexity index is 598. The summed E-state index contributed by atoms with van der Waals surface area (Å²) >= 11 is 3.11. The van der Waals surface area contributed by atoms with E-state index in [2.05, 4.69) is 26.6 Å². The standard InChI is InChI=1S/C15H15BrN2O2/c1-2-14(19)17-12-5-3-11-8-13(18-15(20)9-16)6-4-10(11)7-12/h3-8H,2,9H2,1H3,(H,17,19)(H,18,20). The Morgan fingerprint density at radius 1 is 0.950 bits per heavy atom. The van der Waals surface area contributed by atoms with E-state index in [1.165, 1.54) is 0 Å². The van der Waals surface area contributed by atoms with Crippen molar-refractivity contribution in [2.75, 3.05) is 16.0 Å². The van der Waals surface area contributed by atoms with E-state index in [0.29, 0.717) is 6.42 Å². The molecule has 2 N–H and O–H groups in total. The van der Waals surface area contributed by atoms with Gasteiger partial charge in [-0.05, 0) is 35.0 Å². The largest absolute Gasteiger partial charge is 0.326 e. The van der Waals surface area contributed by atoms with Crippen LogP contribution in [0.1, 0.15) is 13.3 Å². The van der Waals surface area contributed by atoms with Gasteiger partial charge in [-0.15, -0.1) is 0 Å². The summed E-state index contributed by atoms with van der Waals surface area (Å²) in [7, 11) is 0. The van der Waals surface area contributed by atoms with Crippen LogP contribution in [0.3, 0.4) is 0 Å². The van der Waals surface area contributed by atoms with Crippen molar-refractivity contribution in [2.45, 2.75) is 13.3 Å². The second-order valence-electron chi connectivity index (χ2n) is 4.36. The van der Waals surface area contributed by atoms with Gasteiger partial charge in [0.15, 0.2) is 0 Å². The number of hydrogen-bond donors (Lipinski definition) is 2. The molecular weight excluding hydrogens is 320 g/mol. The van der Waals surface area contributed by atoms with Gasteiger partial charge in [0, 0.05) is 17.8 Å². The SMILES string of the molecule is CCC(=O)Nc1ccc2cc(NC(=O)CBr)ccc2c1. The maximum atomic E-state index is 11.4. The zero-order valence-electron chi connectivity index (χ0n) is 11.1. The average Bonchev–Trinajstić information content (AvgIpc) is 2.47. The number of fused-ring (bicyclic) bond motifs is 1. The van der Waals surface area contributed by atoms with Crippen molar-refractivity contribution in [3.63, 3.8) is 0 Å². The van der Waals surface area contributed by atoms with Crippen molar-refractivity contribution in [3.05, 3.63) is 36.4 Å². The third kappa shape index (κ3) is 3.57. The number of halogens is 1. The normalized spacial score (nSPS) is 10.3. The molecule has 0 aliphatic heterocycles. The van der Waals surface area contributed by atoms with Gasteiger partial charge in [0.2, 0.25) is 11.8 Å². The molecule has 0 radical (unpaired) electrons. The summed E-state index contributed by atoms with van der Waals surface area (Å²) in [4.78, 5) is 22.7. The molecule has 0 unspecified atom stereocenters. The van der Waals surface area contributed by atoms with Crippen LogP contribution < -0.4 is 10.6 Å². The zero-order valence-corrected chi connectivity index (χ0v) is 12.7. The van der Waals surface area contributed by atoms with Crippen molar-refractivity contribution < 1.29 is 9.59 Å². The number of amides is 2. The fourth-order valence-corrected chi connectivity index (χ4v) is 1.99. The van der Waals surface area contributed by atoms with Crippen molar-refractivity contribution in [1.82, 2.24) is 0 Å². The molecule has 0 aliphatic carbocycles. The molecule has 0 saturated carbocycles. The van der Waals surface area contributed by atoms with Gasteiger partial charge in [-0.3, -0.25) is 9.59 Å². The Kier molecular flexibility index (Phi) is 4.74. The first-order valence-electron chi connectivity index (χ1n) is 6.32. The minimum Gasteiger partial charge on any atom is -0.326 e. The van der Waals surface area contributed by atoms with E-state index in [1.807, 2.05) is 43.3 Å². The topological polar surface area (TPSA) is 58.2 Å². The molecule has 0 aliphatic rings. The fourth-order valence-electron chi connectivity index (χ4n) is 1.85. The lowest BCUT2D eigenvalue weighted by molar-refractivity contribution is -0.116. The van der Waals surface area contributed by atoms with Crippen LogP contribution in [-0.2, 0) is 9.59 Å². The third-order valence-electron chi connectivity index (χ3n) is 2.85. The number of alkyl halides is 1. The Morgan fingerprint density at radius 2 is 1.45 bits per heavy atom. The molecule has 2 rings (SSSR count). The molecule has 104 valence electrons. The smallest absolute Gasteiger partial charge is 0.235 e. The molecule has 2 aromatic rings. The number of carbonyl (C=O) groups is 2. The van der Waals surface area contributed by atoms with E-state index in [-0.39, 0.29) is 17.1 Å². The lowest BCUT2D eigenvalue weighted by atomic mass is 10.1. The Balaban J connectivity index is 2.25. The van der Waals surface area contributed by atoms with Crippen molar-refractivity contribution in [2.24, 2.45) is 0 Å². The second kappa shape index (κ2) is 6.52. The summed E-state index contributed by atoms with van der Waals surface area (Å²) < 4.78 is 0. The summed E-state index contributed by atoms with van der Waals surface area (Å²) in [6.45, 7) is 1.81. The summed E-state index contributed by atoms with van der Waals surface area (Å²) in [5.41, 5.74) is 1.54. The Hall–Kier alpha value is -1.88. The first-order valence-corrected chi connectivity index (χ1v) is 7.44. The maximum absolute atomic E-state index is 11.4. The van der Waals surface area contributed by atoms with E-state index in [9.17, 15) is 9.59 Å². The van der Waals surface area contributed by atoms with Gasteiger partial charge >= 0.3 is 0 Å². The van der Waals surface area contributed by atoms with Gasteiger partial charge in [0.1, 0.15) is 0 Å². The number of hydrogen-bond acceptors (Lipinski definition) is 2. The number of rotatable bonds is 4. The van der Waals surface area contributed by atoms with E-state index in [4.69, 9.17) is 0 Å². The fraction of sp³-hybridized carbons (Fsp3) is 0.200. The molecule has 0 heterocycles. The van der Waals surface area contributed by atoms with Gasteiger partial charge in [-0.2, -0.15) is 0 Å². The van der Waals surface area contributed by atoms with Gasteiger partial charge in [-0.1, -0.05) is 35.0 Å². The van der Waals surface area contributed by atoms with E-state index < -0.39 is 0 Å². The third-order valence-corrected chi connectivity index (χ3v) is 3.36. The van der Waals surface area contributed by atoms with E-state index in [0.717, 1.165) is 22.1 Å². The molecule has 0 saturated heterocycles. The molecule has 0 fully saturated rings. The number of benzene rings is 2. The Morgan fingerprint density at radius 3 is 1.90 bits per heavy atom. The molecule has 4 nitrogen and oxygen atoms in total. The first-order chi connectivity index (χ1) is 9.62. The first kappa shape index (κ1) is 14.5. The molecule has 5 heteroatoms. The second-order valence-corrected chi connectivity index (χ2v) is 4.92. The average molecular weight is 335 g/mol. The highest BCUT2D eigenvalue weighted by molar-refractivity contribution is 9.09. The summed E-state index contributed by atoms with van der Waals surface area (Å²) in [6, 6.07) is 11.4. The van der Waals surface area contributed by atoms with Crippen LogP contribution in [0, 0.1) is 0 Å². The van der Waals surface area contributed by atoms with Crippen molar-refractivity contribution >= 4 is 49.9 Å². The van der Waals surface area contributed by atoms with Crippen LogP contribution in [0.2, 0.25) is 0 Å². The maximum Gasteiger partial charge on any atom is 0.235 e. The van der Waals surface area contributed by atoms with Crippen LogP contribution in [0.15, 0.2) is 36.4 Å². The predicted molar refractivity (Wildman–Crippen MR) is 85.3 cm³/mol. The minimum atomic E-state index is -0.0869. The molecule has 2 aromatic carbocycles. The highest BCUT2D eigenvalue weighted by Gasteiger charge is 2.03. The number of anilines is 2. The lowest BCUT2D eigenvalue weighted by Crippen LogP contribution is -2.12. The van der Waals surface area contributed by atoms with Crippen LogP contribution in [0.5, 0.6) is 0 Å².